The fraction of sp³-hybridized carbons (Fsp3) is 0.318. The maximum Gasteiger partial charge on any atom is 0.185 e. The zero-order valence-corrected chi connectivity index (χ0v) is 18.8. The van der Waals surface area contributed by atoms with Gasteiger partial charge in [-0.3, -0.25) is 4.98 Å². The molecule has 0 atom stereocenters. The normalized spacial score (nSPS) is 15.1. The first-order valence-corrected chi connectivity index (χ1v) is 11.8. The van der Waals surface area contributed by atoms with Crippen LogP contribution in [0.15, 0.2) is 47.5 Å². The first-order chi connectivity index (χ1) is 14.9. The van der Waals surface area contributed by atoms with Crippen molar-refractivity contribution in [2.75, 3.05) is 32.8 Å². The Morgan fingerprint density at radius 3 is 2.52 bits per heavy atom. The van der Waals surface area contributed by atoms with Crippen molar-refractivity contribution < 1.29 is 22.6 Å². The van der Waals surface area contributed by atoms with Crippen molar-refractivity contribution >= 4 is 43.7 Å². The van der Waals surface area contributed by atoms with Crippen molar-refractivity contribution in [3.63, 3.8) is 0 Å². The quantitative estimate of drug-likeness (QED) is 0.572. The Kier molecular flexibility index (Phi) is 6.22. The van der Waals surface area contributed by atoms with Gasteiger partial charge in [0.15, 0.2) is 9.84 Å². The minimum absolute atomic E-state index is 0.166. The van der Waals surface area contributed by atoms with Crippen molar-refractivity contribution in [3.05, 3.63) is 47.6 Å². The van der Waals surface area contributed by atoms with E-state index >= 15 is 0 Å². The van der Waals surface area contributed by atoms with Crippen LogP contribution in [0.5, 0.6) is 11.5 Å². The Morgan fingerprint density at radius 1 is 1.06 bits per heavy atom. The van der Waals surface area contributed by atoms with Gasteiger partial charge in [0.25, 0.3) is 0 Å². The molecule has 1 aliphatic heterocycles. The highest BCUT2D eigenvalue weighted by atomic mass is 35.5. The summed E-state index contributed by atoms with van der Waals surface area (Å²) in [6.45, 7) is 0.874. The number of ether oxygens (including phenoxy) is 3. The molecule has 3 aromatic rings. The molecule has 2 aromatic carbocycles. The average molecular weight is 463 g/mol. The molecular formula is C22H23ClN2O5S. The SMILES string of the molecule is COc1cc(Nc2ccnc3cc(OC)c(S(=O)(=O)C4CCOCC4)cc23)ccc1Cl. The van der Waals surface area contributed by atoms with Gasteiger partial charge in [0, 0.05) is 48.3 Å². The number of rotatable bonds is 6. The fourth-order valence-corrected chi connectivity index (χ4v) is 5.78. The first-order valence-electron chi connectivity index (χ1n) is 9.83. The molecule has 7 nitrogen and oxygen atoms in total. The summed E-state index contributed by atoms with van der Waals surface area (Å²) in [7, 11) is -0.587. The van der Waals surface area contributed by atoms with Crippen LogP contribution in [-0.4, -0.2) is 46.1 Å². The number of nitrogens with zero attached hydrogens (tertiary/aromatic N) is 1. The van der Waals surface area contributed by atoms with Crippen LogP contribution in [-0.2, 0) is 14.6 Å². The summed E-state index contributed by atoms with van der Waals surface area (Å²) in [4.78, 5) is 4.56. The predicted molar refractivity (Wildman–Crippen MR) is 121 cm³/mol. The second-order valence-electron chi connectivity index (χ2n) is 7.21. The minimum Gasteiger partial charge on any atom is -0.495 e. The highest BCUT2D eigenvalue weighted by Gasteiger charge is 2.32. The molecule has 0 radical (unpaired) electrons. The Labute approximate surface area is 186 Å². The van der Waals surface area contributed by atoms with Gasteiger partial charge >= 0.3 is 0 Å². The Bertz CT molecular complexity index is 1210. The molecule has 0 saturated carbocycles. The number of fused-ring (bicyclic) bond motifs is 1. The van der Waals surface area contributed by atoms with E-state index in [0.717, 1.165) is 5.69 Å². The van der Waals surface area contributed by atoms with Gasteiger partial charge in [-0.25, -0.2) is 8.42 Å². The summed E-state index contributed by atoms with van der Waals surface area (Å²) in [6.07, 6.45) is 2.59. The fourth-order valence-electron chi connectivity index (χ4n) is 3.70. The zero-order chi connectivity index (χ0) is 22.0. The molecule has 0 aliphatic carbocycles. The number of nitrogens with one attached hydrogen (secondary N) is 1. The molecule has 1 aromatic heterocycles. The van der Waals surface area contributed by atoms with Crippen LogP contribution in [0.4, 0.5) is 11.4 Å². The molecule has 0 unspecified atom stereocenters. The van der Waals surface area contributed by atoms with Gasteiger partial charge in [-0.15, -0.1) is 0 Å². The largest absolute Gasteiger partial charge is 0.495 e. The van der Waals surface area contributed by atoms with Crippen molar-refractivity contribution in [1.82, 2.24) is 4.98 Å². The van der Waals surface area contributed by atoms with Gasteiger partial charge in [0.2, 0.25) is 0 Å². The lowest BCUT2D eigenvalue weighted by atomic mass is 10.1. The van der Waals surface area contributed by atoms with E-state index in [9.17, 15) is 8.42 Å². The van der Waals surface area contributed by atoms with E-state index in [-0.39, 0.29) is 10.6 Å². The smallest absolute Gasteiger partial charge is 0.185 e. The van der Waals surface area contributed by atoms with Gasteiger partial charge in [-0.05, 0) is 37.1 Å². The monoisotopic (exact) mass is 462 g/mol. The molecule has 164 valence electrons. The molecule has 31 heavy (non-hydrogen) atoms. The van der Waals surface area contributed by atoms with Crippen molar-refractivity contribution in [3.8, 4) is 11.5 Å². The van der Waals surface area contributed by atoms with E-state index in [1.54, 1.807) is 43.6 Å². The molecule has 0 spiro atoms. The van der Waals surface area contributed by atoms with E-state index in [0.29, 0.717) is 53.4 Å². The average Bonchev–Trinajstić information content (AvgIpc) is 2.80. The Hall–Kier alpha value is -2.55. The molecule has 9 heteroatoms. The molecule has 1 saturated heterocycles. The summed E-state index contributed by atoms with van der Waals surface area (Å²) in [6, 6.07) is 10.4. The van der Waals surface area contributed by atoms with E-state index in [4.69, 9.17) is 25.8 Å². The molecule has 0 amide bonds. The van der Waals surface area contributed by atoms with Gasteiger partial charge < -0.3 is 19.5 Å². The lowest BCUT2D eigenvalue weighted by Gasteiger charge is -2.23. The van der Waals surface area contributed by atoms with E-state index < -0.39 is 15.1 Å². The third kappa shape index (κ3) is 4.28. The minimum atomic E-state index is -3.60. The molecule has 1 fully saturated rings. The molecule has 1 N–H and O–H groups in total. The molecule has 0 bridgehead atoms. The highest BCUT2D eigenvalue weighted by Crippen LogP contribution is 2.37. The number of methoxy groups -OCH3 is 2. The lowest BCUT2D eigenvalue weighted by molar-refractivity contribution is 0.0983. The van der Waals surface area contributed by atoms with Crippen molar-refractivity contribution in [1.29, 1.82) is 0 Å². The van der Waals surface area contributed by atoms with E-state index in [1.807, 2.05) is 6.07 Å². The van der Waals surface area contributed by atoms with Crippen LogP contribution in [0.2, 0.25) is 5.02 Å². The number of pyridine rings is 1. The van der Waals surface area contributed by atoms with Crippen molar-refractivity contribution in [2.24, 2.45) is 0 Å². The number of anilines is 2. The van der Waals surface area contributed by atoms with Crippen molar-refractivity contribution in [2.45, 2.75) is 23.0 Å². The number of aromatic nitrogens is 1. The van der Waals surface area contributed by atoms with Crippen LogP contribution in [0.25, 0.3) is 10.9 Å². The number of halogens is 1. The lowest BCUT2D eigenvalue weighted by Crippen LogP contribution is -2.29. The predicted octanol–water partition coefficient (Wildman–Crippen LogP) is 4.60. The summed E-state index contributed by atoms with van der Waals surface area (Å²) in [5.41, 5.74) is 2.08. The van der Waals surface area contributed by atoms with Crippen LogP contribution in [0.1, 0.15) is 12.8 Å². The van der Waals surface area contributed by atoms with Crippen LogP contribution >= 0.6 is 11.6 Å². The summed E-state index contributed by atoms with van der Waals surface area (Å²) >= 11 is 6.12. The van der Waals surface area contributed by atoms with Gasteiger partial charge in [0.05, 0.1) is 30.0 Å². The van der Waals surface area contributed by atoms with E-state index in [2.05, 4.69) is 10.3 Å². The second-order valence-corrected chi connectivity index (χ2v) is 9.81. The number of sulfone groups is 1. The zero-order valence-electron chi connectivity index (χ0n) is 17.2. The summed E-state index contributed by atoms with van der Waals surface area (Å²) < 4.78 is 42.8. The van der Waals surface area contributed by atoms with Gasteiger partial charge in [0.1, 0.15) is 16.4 Å². The third-order valence-corrected chi connectivity index (χ3v) is 7.96. The Morgan fingerprint density at radius 2 is 1.81 bits per heavy atom. The molecule has 1 aliphatic rings. The number of hydrogen-bond donors (Lipinski definition) is 1. The van der Waals surface area contributed by atoms with Crippen LogP contribution < -0.4 is 14.8 Å². The van der Waals surface area contributed by atoms with E-state index in [1.165, 1.54) is 7.11 Å². The molecular weight excluding hydrogens is 440 g/mol. The maximum absolute atomic E-state index is 13.4. The van der Waals surface area contributed by atoms with Gasteiger partial charge in [-0.2, -0.15) is 0 Å². The van der Waals surface area contributed by atoms with Crippen LogP contribution in [0.3, 0.4) is 0 Å². The van der Waals surface area contributed by atoms with Gasteiger partial charge in [-0.1, -0.05) is 11.6 Å². The van der Waals surface area contributed by atoms with Crippen LogP contribution in [0, 0.1) is 0 Å². The number of benzene rings is 2. The standard InChI is InChI=1S/C22H23ClN2O5S/c1-28-20-11-14(3-4-17(20)23)25-18-5-8-24-19-13-21(29-2)22(12-16(18)19)31(26,27)15-6-9-30-10-7-15/h3-5,8,11-13,15H,6-7,9-10H2,1-2H3,(H,24,25). The summed E-state index contributed by atoms with van der Waals surface area (Å²) in [5, 5.41) is 3.98. The molecule has 2 heterocycles. The third-order valence-electron chi connectivity index (χ3n) is 5.37. The highest BCUT2D eigenvalue weighted by molar-refractivity contribution is 7.92. The number of hydrogen-bond acceptors (Lipinski definition) is 7. The Balaban J connectivity index is 1.80. The topological polar surface area (TPSA) is 86.8 Å². The first kappa shape index (κ1) is 21.7. The molecule has 4 rings (SSSR count). The second kappa shape index (κ2) is 8.90. The summed E-state index contributed by atoms with van der Waals surface area (Å²) in [5.74, 6) is 0.825. The maximum atomic E-state index is 13.4.